The van der Waals surface area contributed by atoms with E-state index in [2.05, 4.69) is 0 Å². The molecule has 106 valence electrons. The maximum absolute atomic E-state index is 10.8. The predicted molar refractivity (Wildman–Crippen MR) is 71.8 cm³/mol. The second-order valence-electron chi connectivity index (χ2n) is 4.88. The number of hydrogen-bond donors (Lipinski definition) is 1. The largest absolute Gasteiger partial charge is 0.481 e. The second kappa shape index (κ2) is 5.54. The second-order valence-corrected chi connectivity index (χ2v) is 4.88. The molecule has 5 heteroatoms. The lowest BCUT2D eigenvalue weighted by atomic mass is 10.1. The molecule has 5 nitrogen and oxygen atoms in total. The molecular weight excluding hydrogens is 260 g/mol. The molecule has 1 atom stereocenters. The average Bonchev–Trinajstić information content (AvgIpc) is 2.84. The van der Waals surface area contributed by atoms with Gasteiger partial charge in [-0.15, -0.1) is 0 Å². The molecular formula is C15H16O5. The minimum atomic E-state index is -0.880. The Labute approximate surface area is 116 Å². The summed E-state index contributed by atoms with van der Waals surface area (Å²) in [6.07, 6.45) is 4.18. The summed E-state index contributed by atoms with van der Waals surface area (Å²) in [6.45, 7) is 0.711. The van der Waals surface area contributed by atoms with Crippen molar-refractivity contribution in [1.29, 1.82) is 0 Å². The van der Waals surface area contributed by atoms with E-state index in [0.29, 0.717) is 23.5 Å². The van der Waals surface area contributed by atoms with Crippen LogP contribution in [-0.4, -0.2) is 24.0 Å². The molecule has 1 saturated heterocycles. The first kappa shape index (κ1) is 13.0. The standard InChI is InChI=1S/C15H16O5/c16-13(17)8-10-9-19-15-11(10)4-3-5-12(15)20-14-6-1-2-7-18-14/h3-5,9,14H,1-2,6-8H2,(H,16,17). The summed E-state index contributed by atoms with van der Waals surface area (Å²) in [7, 11) is 0. The van der Waals surface area contributed by atoms with E-state index in [1.165, 1.54) is 6.26 Å². The van der Waals surface area contributed by atoms with Crippen LogP contribution in [0.2, 0.25) is 0 Å². The highest BCUT2D eigenvalue weighted by Gasteiger charge is 2.19. The number of fused-ring (bicyclic) bond motifs is 1. The summed E-state index contributed by atoms with van der Waals surface area (Å²) in [5.41, 5.74) is 1.24. The van der Waals surface area contributed by atoms with Gasteiger partial charge in [0.1, 0.15) is 0 Å². The van der Waals surface area contributed by atoms with Crippen molar-refractivity contribution in [3.63, 3.8) is 0 Å². The Balaban J connectivity index is 1.87. The van der Waals surface area contributed by atoms with Crippen molar-refractivity contribution < 1.29 is 23.8 Å². The van der Waals surface area contributed by atoms with Gasteiger partial charge in [-0.05, 0) is 18.9 Å². The highest BCUT2D eigenvalue weighted by atomic mass is 16.7. The summed E-state index contributed by atoms with van der Waals surface area (Å²) in [4.78, 5) is 10.8. The van der Waals surface area contributed by atoms with Crippen molar-refractivity contribution in [2.75, 3.05) is 6.61 Å². The molecule has 0 spiro atoms. The Morgan fingerprint density at radius 1 is 1.40 bits per heavy atom. The number of carboxylic acids is 1. The number of carboxylic acid groups (broad SMARTS) is 1. The van der Waals surface area contributed by atoms with Crippen molar-refractivity contribution in [2.24, 2.45) is 0 Å². The van der Waals surface area contributed by atoms with Crippen LogP contribution in [0.15, 0.2) is 28.9 Å². The molecule has 2 aromatic rings. The maximum atomic E-state index is 10.8. The molecule has 1 N–H and O–H groups in total. The number of para-hydroxylation sites is 1. The molecule has 1 aliphatic rings. The third-order valence-corrected chi connectivity index (χ3v) is 3.38. The molecule has 1 aliphatic heterocycles. The van der Waals surface area contributed by atoms with Gasteiger partial charge in [-0.1, -0.05) is 12.1 Å². The molecule has 20 heavy (non-hydrogen) atoms. The lowest BCUT2D eigenvalue weighted by molar-refractivity contribution is -0.136. The van der Waals surface area contributed by atoms with Gasteiger partial charge in [0.05, 0.1) is 19.3 Å². The van der Waals surface area contributed by atoms with E-state index >= 15 is 0 Å². The number of aliphatic carboxylic acids is 1. The maximum Gasteiger partial charge on any atom is 0.307 e. The van der Waals surface area contributed by atoms with Gasteiger partial charge in [0.2, 0.25) is 0 Å². The van der Waals surface area contributed by atoms with Crippen LogP contribution < -0.4 is 4.74 Å². The van der Waals surface area contributed by atoms with Gasteiger partial charge in [-0.2, -0.15) is 0 Å². The van der Waals surface area contributed by atoms with Crippen molar-refractivity contribution in [3.8, 4) is 5.75 Å². The van der Waals surface area contributed by atoms with Gasteiger partial charge in [0.25, 0.3) is 0 Å². The Morgan fingerprint density at radius 3 is 3.05 bits per heavy atom. The number of benzene rings is 1. The summed E-state index contributed by atoms with van der Waals surface area (Å²) in [5, 5.41) is 9.66. The minimum Gasteiger partial charge on any atom is -0.481 e. The smallest absolute Gasteiger partial charge is 0.307 e. The molecule has 0 radical (unpaired) electrons. The molecule has 1 aromatic heterocycles. The lowest BCUT2D eigenvalue weighted by Crippen LogP contribution is -2.25. The van der Waals surface area contributed by atoms with Gasteiger partial charge < -0.3 is 19.0 Å². The van der Waals surface area contributed by atoms with E-state index in [0.717, 1.165) is 24.6 Å². The average molecular weight is 276 g/mol. The molecule has 1 unspecified atom stereocenters. The van der Waals surface area contributed by atoms with E-state index in [9.17, 15) is 4.79 Å². The van der Waals surface area contributed by atoms with Crippen LogP contribution >= 0.6 is 0 Å². The van der Waals surface area contributed by atoms with Crippen molar-refractivity contribution >= 4 is 16.9 Å². The first-order chi connectivity index (χ1) is 9.74. The van der Waals surface area contributed by atoms with E-state index in [1.807, 2.05) is 18.2 Å². The molecule has 1 aromatic carbocycles. The normalized spacial score (nSPS) is 19.1. The first-order valence-electron chi connectivity index (χ1n) is 6.73. The fourth-order valence-corrected chi connectivity index (χ4v) is 2.42. The van der Waals surface area contributed by atoms with Gasteiger partial charge in [0, 0.05) is 17.4 Å². The zero-order valence-corrected chi connectivity index (χ0v) is 11.0. The van der Waals surface area contributed by atoms with E-state index in [1.54, 1.807) is 0 Å². The van der Waals surface area contributed by atoms with Crippen LogP contribution in [0, 0.1) is 0 Å². The molecule has 0 aliphatic carbocycles. The van der Waals surface area contributed by atoms with Crippen LogP contribution in [0.3, 0.4) is 0 Å². The topological polar surface area (TPSA) is 68.9 Å². The minimum absolute atomic E-state index is 0.0591. The van der Waals surface area contributed by atoms with Crippen molar-refractivity contribution in [1.82, 2.24) is 0 Å². The molecule has 2 heterocycles. The van der Waals surface area contributed by atoms with Crippen molar-refractivity contribution in [3.05, 3.63) is 30.0 Å². The summed E-state index contributed by atoms with van der Waals surface area (Å²) in [5.74, 6) is -0.277. The van der Waals surface area contributed by atoms with Crippen LogP contribution in [0.25, 0.3) is 11.0 Å². The highest BCUT2D eigenvalue weighted by molar-refractivity contribution is 5.89. The van der Waals surface area contributed by atoms with Gasteiger partial charge in [-0.25, -0.2) is 0 Å². The van der Waals surface area contributed by atoms with E-state index in [4.69, 9.17) is 19.0 Å². The van der Waals surface area contributed by atoms with Gasteiger partial charge in [0.15, 0.2) is 17.6 Å². The Morgan fingerprint density at radius 2 is 2.30 bits per heavy atom. The van der Waals surface area contributed by atoms with Crippen LogP contribution in [-0.2, 0) is 16.0 Å². The molecule has 1 fully saturated rings. The monoisotopic (exact) mass is 276 g/mol. The Bertz CT molecular complexity index is 610. The SMILES string of the molecule is O=C(O)Cc1coc2c(OC3CCCCO3)cccc12. The number of furan rings is 1. The van der Waals surface area contributed by atoms with Gasteiger partial charge >= 0.3 is 5.97 Å². The van der Waals surface area contributed by atoms with Gasteiger partial charge in [-0.3, -0.25) is 4.79 Å². The third kappa shape index (κ3) is 2.63. The summed E-state index contributed by atoms with van der Waals surface area (Å²) in [6, 6.07) is 5.49. The van der Waals surface area contributed by atoms with Crippen molar-refractivity contribution in [2.45, 2.75) is 32.0 Å². The first-order valence-corrected chi connectivity index (χ1v) is 6.73. The van der Waals surface area contributed by atoms with Crippen LogP contribution in [0.4, 0.5) is 0 Å². The summed E-state index contributed by atoms with van der Waals surface area (Å²) < 4.78 is 16.8. The number of carbonyl (C=O) groups is 1. The predicted octanol–water partition coefficient (Wildman–Crippen LogP) is 2.97. The lowest BCUT2D eigenvalue weighted by Gasteiger charge is -2.23. The fraction of sp³-hybridized carbons (Fsp3) is 0.400. The zero-order valence-electron chi connectivity index (χ0n) is 11.0. The number of ether oxygens (including phenoxy) is 2. The van der Waals surface area contributed by atoms with E-state index in [-0.39, 0.29) is 12.7 Å². The highest BCUT2D eigenvalue weighted by Crippen LogP contribution is 2.31. The van der Waals surface area contributed by atoms with Crippen LogP contribution in [0.1, 0.15) is 24.8 Å². The molecule has 0 amide bonds. The third-order valence-electron chi connectivity index (χ3n) is 3.38. The van der Waals surface area contributed by atoms with E-state index < -0.39 is 5.97 Å². The Kier molecular flexibility index (Phi) is 3.60. The Hall–Kier alpha value is -2.01. The zero-order chi connectivity index (χ0) is 13.9. The fourth-order valence-electron chi connectivity index (χ4n) is 2.42. The number of hydrogen-bond acceptors (Lipinski definition) is 4. The molecule has 0 bridgehead atoms. The molecule has 3 rings (SSSR count). The van der Waals surface area contributed by atoms with Crippen LogP contribution in [0.5, 0.6) is 5.75 Å². The number of rotatable bonds is 4. The summed E-state index contributed by atoms with van der Waals surface area (Å²) >= 11 is 0. The quantitative estimate of drug-likeness (QED) is 0.929. The molecule has 0 saturated carbocycles.